The number of amides is 2. The van der Waals surface area contributed by atoms with Gasteiger partial charge in [0.25, 0.3) is 0 Å². The first-order valence-electron chi connectivity index (χ1n) is 11.6. The van der Waals surface area contributed by atoms with Gasteiger partial charge in [-0.05, 0) is 50.3 Å². The molecule has 2 aromatic rings. The van der Waals surface area contributed by atoms with Crippen molar-refractivity contribution in [1.29, 1.82) is 0 Å². The Hall–Kier alpha value is -2.90. The van der Waals surface area contributed by atoms with E-state index >= 15 is 0 Å². The van der Waals surface area contributed by atoms with Gasteiger partial charge in [0.2, 0.25) is 11.8 Å². The van der Waals surface area contributed by atoms with Crippen LogP contribution in [0.2, 0.25) is 0 Å². The van der Waals surface area contributed by atoms with E-state index in [2.05, 4.69) is 20.5 Å². The predicted octanol–water partition coefficient (Wildman–Crippen LogP) is 2.45. The van der Waals surface area contributed by atoms with Crippen molar-refractivity contribution in [2.24, 2.45) is 5.92 Å². The molecule has 2 N–H and O–H groups in total. The summed E-state index contributed by atoms with van der Waals surface area (Å²) < 4.78 is 5.27. The Morgan fingerprint density at radius 2 is 1.88 bits per heavy atom. The highest BCUT2D eigenvalue weighted by Gasteiger charge is 2.55. The van der Waals surface area contributed by atoms with Gasteiger partial charge >= 0.3 is 0 Å². The molecule has 1 saturated heterocycles. The standard InChI is InChI=1S/C24H31N5O3/c1-15-25-21(28-27-15)19-13-29(14-20(19)26-22(30)16-5-3-4-6-16)23(31)24(11-12-24)17-7-9-18(32-2)10-8-17/h7-10,16,19-20H,3-6,11-14H2,1-2H3,(H,26,30)(H,25,27,28)/t19-,20-/m1/s1. The second-order valence-corrected chi connectivity index (χ2v) is 9.50. The Morgan fingerprint density at radius 1 is 1.16 bits per heavy atom. The number of rotatable bonds is 6. The summed E-state index contributed by atoms with van der Waals surface area (Å²) in [6.07, 6.45) is 5.82. The molecule has 1 aromatic carbocycles. The van der Waals surface area contributed by atoms with E-state index in [1.165, 1.54) is 0 Å². The van der Waals surface area contributed by atoms with Gasteiger partial charge in [-0.15, -0.1) is 0 Å². The van der Waals surface area contributed by atoms with Crippen LogP contribution >= 0.6 is 0 Å². The number of benzene rings is 1. The van der Waals surface area contributed by atoms with Gasteiger partial charge in [0.1, 0.15) is 11.6 Å². The van der Waals surface area contributed by atoms with E-state index in [4.69, 9.17) is 4.74 Å². The smallest absolute Gasteiger partial charge is 0.233 e. The molecule has 2 saturated carbocycles. The molecule has 2 amide bonds. The van der Waals surface area contributed by atoms with E-state index in [-0.39, 0.29) is 29.7 Å². The van der Waals surface area contributed by atoms with Crippen LogP contribution in [0.15, 0.2) is 24.3 Å². The Morgan fingerprint density at radius 3 is 2.47 bits per heavy atom. The van der Waals surface area contributed by atoms with Gasteiger partial charge in [-0.2, -0.15) is 5.10 Å². The Bertz CT molecular complexity index is 991. The molecule has 8 nitrogen and oxygen atoms in total. The lowest BCUT2D eigenvalue weighted by atomic mass is 9.94. The molecule has 1 aromatic heterocycles. The number of hydrogen-bond acceptors (Lipinski definition) is 5. The molecule has 2 atom stereocenters. The van der Waals surface area contributed by atoms with Crippen molar-refractivity contribution in [2.75, 3.05) is 20.2 Å². The lowest BCUT2D eigenvalue weighted by Crippen LogP contribution is -2.44. The number of ether oxygens (including phenoxy) is 1. The van der Waals surface area contributed by atoms with Crippen LogP contribution in [0.1, 0.15) is 61.7 Å². The van der Waals surface area contributed by atoms with E-state index in [1.807, 2.05) is 36.1 Å². The minimum Gasteiger partial charge on any atom is -0.497 e. The molecular formula is C24H31N5O3. The number of nitrogens with zero attached hydrogens (tertiary/aromatic N) is 3. The first kappa shape index (κ1) is 21.0. The molecular weight excluding hydrogens is 406 g/mol. The SMILES string of the molecule is COc1ccc(C2(C(=O)N3C[C@@H](NC(=O)C4CCCC4)[C@H](c4n[nH]c(C)n4)C3)CC2)cc1. The second-order valence-electron chi connectivity index (χ2n) is 9.50. The fourth-order valence-corrected chi connectivity index (χ4v) is 5.36. The number of carbonyl (C=O) groups is 2. The van der Waals surface area contributed by atoms with Crippen molar-refractivity contribution < 1.29 is 14.3 Å². The average molecular weight is 438 g/mol. The molecule has 3 aliphatic rings. The van der Waals surface area contributed by atoms with Gasteiger partial charge < -0.3 is 15.0 Å². The zero-order valence-electron chi connectivity index (χ0n) is 18.8. The number of aryl methyl sites for hydroxylation is 1. The minimum atomic E-state index is -0.462. The van der Waals surface area contributed by atoms with Crippen molar-refractivity contribution in [2.45, 2.75) is 62.8 Å². The molecule has 32 heavy (non-hydrogen) atoms. The van der Waals surface area contributed by atoms with Gasteiger partial charge in [0.15, 0.2) is 5.82 Å². The summed E-state index contributed by atoms with van der Waals surface area (Å²) in [6, 6.07) is 7.64. The molecule has 5 rings (SSSR count). The molecule has 0 unspecified atom stereocenters. The topological polar surface area (TPSA) is 100 Å². The third-order valence-corrected chi connectivity index (χ3v) is 7.41. The Labute approximate surface area is 188 Å². The quantitative estimate of drug-likeness (QED) is 0.723. The van der Waals surface area contributed by atoms with E-state index in [0.717, 1.165) is 55.7 Å². The fourth-order valence-electron chi connectivity index (χ4n) is 5.36. The van der Waals surface area contributed by atoms with Crippen LogP contribution in [0.5, 0.6) is 5.75 Å². The Balaban J connectivity index is 1.35. The number of carbonyl (C=O) groups excluding carboxylic acids is 2. The summed E-state index contributed by atoms with van der Waals surface area (Å²) in [5.41, 5.74) is 0.572. The maximum atomic E-state index is 13.7. The van der Waals surface area contributed by atoms with Crippen LogP contribution in [0.3, 0.4) is 0 Å². The zero-order valence-corrected chi connectivity index (χ0v) is 18.8. The normalized spacial score (nSPS) is 24.5. The molecule has 2 aliphatic carbocycles. The molecule has 170 valence electrons. The molecule has 0 radical (unpaired) electrons. The maximum Gasteiger partial charge on any atom is 0.233 e. The van der Waals surface area contributed by atoms with Gasteiger partial charge in [-0.1, -0.05) is 25.0 Å². The van der Waals surface area contributed by atoms with Crippen molar-refractivity contribution in [3.8, 4) is 5.75 Å². The fraction of sp³-hybridized carbons (Fsp3) is 0.583. The van der Waals surface area contributed by atoms with Crippen LogP contribution in [-0.4, -0.2) is 58.1 Å². The molecule has 3 fully saturated rings. The third kappa shape index (κ3) is 3.76. The van der Waals surface area contributed by atoms with Gasteiger partial charge in [-0.25, -0.2) is 4.98 Å². The number of aromatic amines is 1. The van der Waals surface area contributed by atoms with Crippen LogP contribution in [0.25, 0.3) is 0 Å². The number of methoxy groups -OCH3 is 1. The highest BCUT2D eigenvalue weighted by Crippen LogP contribution is 2.50. The van der Waals surface area contributed by atoms with Crippen molar-refractivity contribution in [3.05, 3.63) is 41.5 Å². The number of hydrogen-bond donors (Lipinski definition) is 2. The van der Waals surface area contributed by atoms with E-state index in [1.54, 1.807) is 7.11 Å². The number of likely N-dealkylation sites (tertiary alicyclic amines) is 1. The summed E-state index contributed by atoms with van der Waals surface area (Å²) >= 11 is 0. The molecule has 0 spiro atoms. The van der Waals surface area contributed by atoms with Gasteiger partial charge in [0.05, 0.1) is 24.5 Å². The van der Waals surface area contributed by atoms with E-state index in [0.29, 0.717) is 18.9 Å². The van der Waals surface area contributed by atoms with Gasteiger partial charge in [-0.3, -0.25) is 14.7 Å². The van der Waals surface area contributed by atoms with Crippen LogP contribution in [0, 0.1) is 12.8 Å². The first-order valence-corrected chi connectivity index (χ1v) is 11.6. The molecule has 2 heterocycles. The summed E-state index contributed by atoms with van der Waals surface area (Å²) in [6.45, 7) is 2.88. The predicted molar refractivity (Wildman–Crippen MR) is 118 cm³/mol. The van der Waals surface area contributed by atoms with E-state index < -0.39 is 5.41 Å². The number of nitrogens with one attached hydrogen (secondary N) is 2. The molecule has 0 bridgehead atoms. The third-order valence-electron chi connectivity index (χ3n) is 7.41. The van der Waals surface area contributed by atoms with Crippen LogP contribution in [-0.2, 0) is 15.0 Å². The highest BCUT2D eigenvalue weighted by atomic mass is 16.5. The monoisotopic (exact) mass is 437 g/mol. The summed E-state index contributed by atoms with van der Waals surface area (Å²) in [5, 5.41) is 10.5. The van der Waals surface area contributed by atoms with Crippen LogP contribution in [0.4, 0.5) is 0 Å². The second kappa shape index (κ2) is 8.22. The lowest BCUT2D eigenvalue weighted by Gasteiger charge is -2.24. The lowest BCUT2D eigenvalue weighted by molar-refractivity contribution is -0.133. The Kier molecular flexibility index (Phi) is 5.39. The summed E-state index contributed by atoms with van der Waals surface area (Å²) in [5.74, 6) is 2.41. The summed E-state index contributed by atoms with van der Waals surface area (Å²) in [4.78, 5) is 33.0. The summed E-state index contributed by atoms with van der Waals surface area (Å²) in [7, 11) is 1.64. The van der Waals surface area contributed by atoms with Crippen LogP contribution < -0.4 is 10.1 Å². The van der Waals surface area contributed by atoms with Crippen molar-refractivity contribution >= 4 is 11.8 Å². The van der Waals surface area contributed by atoms with Crippen molar-refractivity contribution in [3.63, 3.8) is 0 Å². The zero-order chi connectivity index (χ0) is 22.3. The van der Waals surface area contributed by atoms with Crippen molar-refractivity contribution in [1.82, 2.24) is 25.4 Å². The van der Waals surface area contributed by atoms with Gasteiger partial charge in [0, 0.05) is 19.0 Å². The number of H-pyrrole nitrogens is 1. The molecule has 1 aliphatic heterocycles. The minimum absolute atomic E-state index is 0.0864. The first-order chi connectivity index (χ1) is 15.5. The van der Waals surface area contributed by atoms with E-state index in [9.17, 15) is 9.59 Å². The number of aromatic nitrogens is 3. The maximum absolute atomic E-state index is 13.7. The largest absolute Gasteiger partial charge is 0.497 e. The average Bonchev–Trinajstić information content (AvgIpc) is 3.16. The molecule has 8 heteroatoms. The highest BCUT2D eigenvalue weighted by molar-refractivity contribution is 5.92.